The lowest BCUT2D eigenvalue weighted by molar-refractivity contribution is -0.137. The van der Waals surface area contributed by atoms with E-state index >= 15 is 0 Å². The lowest BCUT2D eigenvalue weighted by Gasteiger charge is -2.19. The van der Waals surface area contributed by atoms with Crippen LogP contribution in [0.3, 0.4) is 0 Å². The quantitative estimate of drug-likeness (QED) is 0.894. The topological polar surface area (TPSA) is 30.5 Å². The van der Waals surface area contributed by atoms with E-state index in [1.807, 2.05) is 20.8 Å². The summed E-state index contributed by atoms with van der Waals surface area (Å²) in [7, 11) is 0. The molecule has 0 bridgehead atoms. The Labute approximate surface area is 107 Å². The van der Waals surface area contributed by atoms with Crippen LogP contribution in [0, 0.1) is 5.82 Å². The molecular formula is C14H20FNO2. The molecule has 1 aliphatic rings. The van der Waals surface area contributed by atoms with Crippen LogP contribution in [0.5, 0.6) is 0 Å². The molecule has 3 nitrogen and oxygen atoms in total. The highest BCUT2D eigenvalue weighted by molar-refractivity contribution is 5.19. The second-order valence-corrected chi connectivity index (χ2v) is 5.13. The average molecular weight is 253 g/mol. The van der Waals surface area contributed by atoms with Crippen LogP contribution >= 0.6 is 0 Å². The second kappa shape index (κ2) is 5.34. The minimum atomic E-state index is -0.481. The van der Waals surface area contributed by atoms with Gasteiger partial charge in [0.15, 0.2) is 5.79 Å². The first kappa shape index (κ1) is 13.5. The molecule has 1 aromatic rings. The fraction of sp³-hybridized carbons (Fsp3) is 0.571. The van der Waals surface area contributed by atoms with Gasteiger partial charge in [-0.25, -0.2) is 4.39 Å². The summed E-state index contributed by atoms with van der Waals surface area (Å²) in [4.78, 5) is 0. The van der Waals surface area contributed by atoms with E-state index in [-0.39, 0.29) is 18.0 Å². The van der Waals surface area contributed by atoms with E-state index in [4.69, 9.17) is 9.47 Å². The van der Waals surface area contributed by atoms with Gasteiger partial charge in [-0.15, -0.1) is 0 Å². The van der Waals surface area contributed by atoms with Crippen molar-refractivity contribution >= 4 is 0 Å². The van der Waals surface area contributed by atoms with E-state index in [1.165, 1.54) is 12.1 Å². The third-order valence-electron chi connectivity index (χ3n) is 3.09. The summed E-state index contributed by atoms with van der Waals surface area (Å²) in [6.45, 7) is 7.21. The Hall–Kier alpha value is -0.970. The fourth-order valence-corrected chi connectivity index (χ4v) is 2.04. The molecule has 1 aromatic carbocycles. The molecule has 1 N–H and O–H groups in total. The maximum absolute atomic E-state index is 12.8. The number of hydrogen-bond acceptors (Lipinski definition) is 3. The Balaban J connectivity index is 1.82. The van der Waals surface area contributed by atoms with Crippen molar-refractivity contribution in [3.05, 3.63) is 35.6 Å². The zero-order valence-corrected chi connectivity index (χ0v) is 11.1. The van der Waals surface area contributed by atoms with E-state index in [9.17, 15) is 4.39 Å². The number of ether oxygens (including phenoxy) is 2. The van der Waals surface area contributed by atoms with Crippen LogP contribution in [0.1, 0.15) is 32.4 Å². The molecule has 100 valence electrons. The third kappa shape index (κ3) is 3.51. The maximum Gasteiger partial charge on any atom is 0.163 e. The standard InChI is InChI=1S/C14H20FNO2/c1-10(11-4-6-12(15)7-5-11)16-8-13-9-17-14(2,3)18-13/h4-7,10,13,16H,8-9H2,1-3H3. The van der Waals surface area contributed by atoms with Crippen molar-refractivity contribution in [3.63, 3.8) is 0 Å². The summed E-state index contributed by atoms with van der Waals surface area (Å²) < 4.78 is 24.0. The van der Waals surface area contributed by atoms with E-state index in [0.29, 0.717) is 6.61 Å². The van der Waals surface area contributed by atoms with E-state index in [0.717, 1.165) is 12.1 Å². The van der Waals surface area contributed by atoms with Crippen molar-refractivity contribution < 1.29 is 13.9 Å². The van der Waals surface area contributed by atoms with Gasteiger partial charge >= 0.3 is 0 Å². The molecule has 2 atom stereocenters. The number of hydrogen-bond donors (Lipinski definition) is 1. The molecule has 4 heteroatoms. The van der Waals surface area contributed by atoms with Gasteiger partial charge in [-0.2, -0.15) is 0 Å². The summed E-state index contributed by atoms with van der Waals surface area (Å²) in [5.41, 5.74) is 1.06. The smallest absolute Gasteiger partial charge is 0.163 e. The van der Waals surface area contributed by atoms with Crippen LogP contribution in [-0.4, -0.2) is 25.0 Å². The highest BCUT2D eigenvalue weighted by Crippen LogP contribution is 2.22. The maximum atomic E-state index is 12.8. The summed E-state index contributed by atoms with van der Waals surface area (Å²) in [6.07, 6.45) is 0.0721. The van der Waals surface area contributed by atoms with Crippen LogP contribution in [-0.2, 0) is 9.47 Å². The highest BCUT2D eigenvalue weighted by atomic mass is 19.1. The first-order chi connectivity index (χ1) is 8.46. The minimum absolute atomic E-state index is 0.0721. The van der Waals surface area contributed by atoms with Gasteiger partial charge in [-0.05, 0) is 38.5 Å². The van der Waals surface area contributed by atoms with Gasteiger partial charge in [0.2, 0.25) is 0 Å². The highest BCUT2D eigenvalue weighted by Gasteiger charge is 2.32. The van der Waals surface area contributed by atoms with Crippen LogP contribution < -0.4 is 5.32 Å². The monoisotopic (exact) mass is 253 g/mol. The predicted molar refractivity (Wildman–Crippen MR) is 67.7 cm³/mol. The summed E-state index contributed by atoms with van der Waals surface area (Å²) in [6, 6.07) is 6.71. The van der Waals surface area contributed by atoms with Crippen LogP contribution in [0.2, 0.25) is 0 Å². The SMILES string of the molecule is CC(NCC1COC(C)(C)O1)c1ccc(F)cc1. The van der Waals surface area contributed by atoms with Gasteiger partial charge < -0.3 is 14.8 Å². The van der Waals surface area contributed by atoms with Gasteiger partial charge in [0.1, 0.15) is 5.82 Å². The van der Waals surface area contributed by atoms with Gasteiger partial charge in [-0.3, -0.25) is 0 Å². The number of halogens is 1. The molecule has 0 spiro atoms. The number of benzene rings is 1. The third-order valence-corrected chi connectivity index (χ3v) is 3.09. The predicted octanol–water partition coefficient (Wildman–Crippen LogP) is 2.63. The van der Waals surface area contributed by atoms with Crippen molar-refractivity contribution in [2.75, 3.05) is 13.2 Å². The Morgan fingerprint density at radius 1 is 1.39 bits per heavy atom. The van der Waals surface area contributed by atoms with E-state index in [2.05, 4.69) is 5.32 Å². The molecule has 2 unspecified atom stereocenters. The zero-order valence-electron chi connectivity index (χ0n) is 11.1. The van der Waals surface area contributed by atoms with Crippen molar-refractivity contribution in [2.24, 2.45) is 0 Å². The summed E-state index contributed by atoms with van der Waals surface area (Å²) in [5, 5.41) is 3.37. The fourth-order valence-electron chi connectivity index (χ4n) is 2.04. The van der Waals surface area contributed by atoms with Crippen molar-refractivity contribution in [1.29, 1.82) is 0 Å². The lowest BCUT2D eigenvalue weighted by Crippen LogP contribution is -2.32. The van der Waals surface area contributed by atoms with Crippen LogP contribution in [0.15, 0.2) is 24.3 Å². The normalized spacial score (nSPS) is 24.1. The first-order valence-electron chi connectivity index (χ1n) is 6.27. The molecule has 1 aliphatic heterocycles. The van der Waals surface area contributed by atoms with Gasteiger partial charge in [0.25, 0.3) is 0 Å². The Morgan fingerprint density at radius 2 is 2.06 bits per heavy atom. The van der Waals surface area contributed by atoms with Crippen LogP contribution in [0.25, 0.3) is 0 Å². The molecule has 0 radical (unpaired) electrons. The number of rotatable bonds is 4. The molecule has 0 saturated carbocycles. The molecule has 1 saturated heterocycles. The van der Waals surface area contributed by atoms with Crippen LogP contribution in [0.4, 0.5) is 4.39 Å². The molecule has 2 rings (SSSR count). The average Bonchev–Trinajstić information content (AvgIpc) is 2.67. The molecule has 0 amide bonds. The molecule has 0 aliphatic carbocycles. The zero-order chi connectivity index (χ0) is 13.2. The molecule has 1 heterocycles. The Bertz CT molecular complexity index is 391. The first-order valence-corrected chi connectivity index (χ1v) is 6.27. The minimum Gasteiger partial charge on any atom is -0.348 e. The summed E-state index contributed by atoms with van der Waals surface area (Å²) in [5.74, 6) is -0.689. The summed E-state index contributed by atoms with van der Waals surface area (Å²) >= 11 is 0. The Morgan fingerprint density at radius 3 is 2.61 bits per heavy atom. The molecule has 18 heavy (non-hydrogen) atoms. The van der Waals surface area contributed by atoms with E-state index in [1.54, 1.807) is 12.1 Å². The lowest BCUT2D eigenvalue weighted by atomic mass is 10.1. The van der Waals surface area contributed by atoms with E-state index < -0.39 is 5.79 Å². The molecular weight excluding hydrogens is 233 g/mol. The van der Waals surface area contributed by atoms with Gasteiger partial charge in [0, 0.05) is 12.6 Å². The number of nitrogens with one attached hydrogen (secondary N) is 1. The Kier molecular flexibility index (Phi) is 4.00. The second-order valence-electron chi connectivity index (χ2n) is 5.13. The van der Waals surface area contributed by atoms with Gasteiger partial charge in [0.05, 0.1) is 12.7 Å². The van der Waals surface area contributed by atoms with Crippen molar-refractivity contribution in [2.45, 2.75) is 38.7 Å². The van der Waals surface area contributed by atoms with Gasteiger partial charge in [-0.1, -0.05) is 12.1 Å². The largest absolute Gasteiger partial charge is 0.348 e. The van der Waals surface area contributed by atoms with Crippen molar-refractivity contribution in [3.8, 4) is 0 Å². The molecule has 1 fully saturated rings. The van der Waals surface area contributed by atoms with Crippen molar-refractivity contribution in [1.82, 2.24) is 5.32 Å². The molecule has 0 aromatic heterocycles.